The van der Waals surface area contributed by atoms with Crippen molar-refractivity contribution in [2.45, 2.75) is 11.8 Å². The van der Waals surface area contributed by atoms with Crippen molar-refractivity contribution >= 4 is 40.5 Å². The highest BCUT2D eigenvalue weighted by Gasteiger charge is 2.12. The van der Waals surface area contributed by atoms with Crippen LogP contribution in [0.25, 0.3) is 0 Å². The molecule has 0 unspecified atom stereocenters. The first-order chi connectivity index (χ1) is 9.02. The maximum absolute atomic E-state index is 5.84. The molecule has 0 fully saturated rings. The molecular weight excluding hydrogens is 276 g/mol. The van der Waals surface area contributed by atoms with E-state index in [1.165, 1.54) is 0 Å². The van der Waals surface area contributed by atoms with E-state index in [4.69, 9.17) is 18.0 Å². The average molecular weight is 292 g/mol. The first-order valence-electron chi connectivity index (χ1n) is 5.77. The number of hydrogen-bond acceptors (Lipinski definition) is 4. The fourth-order valence-corrected chi connectivity index (χ4v) is 2.85. The summed E-state index contributed by atoms with van der Waals surface area (Å²) in [6.45, 7) is 1.96. The molecule has 0 aliphatic rings. The van der Waals surface area contributed by atoms with Crippen LogP contribution in [0.1, 0.15) is 11.3 Å². The predicted molar refractivity (Wildman–Crippen MR) is 85.3 cm³/mol. The maximum atomic E-state index is 5.84. The Morgan fingerprint density at radius 3 is 2.74 bits per heavy atom. The molecule has 0 aliphatic carbocycles. The largest absolute Gasteiger partial charge is 0.389 e. The van der Waals surface area contributed by atoms with Gasteiger partial charge >= 0.3 is 0 Å². The van der Waals surface area contributed by atoms with Crippen molar-refractivity contribution in [2.75, 3.05) is 11.6 Å². The molecule has 0 spiro atoms. The summed E-state index contributed by atoms with van der Waals surface area (Å²) in [4.78, 5) is 1.46. The van der Waals surface area contributed by atoms with Crippen LogP contribution >= 0.6 is 24.0 Å². The summed E-state index contributed by atoms with van der Waals surface area (Å²) < 4.78 is 1.80. The summed E-state index contributed by atoms with van der Waals surface area (Å²) in [6, 6.07) is 7.95. The minimum atomic E-state index is 0.395. The number of rotatable bonds is 4. The summed E-state index contributed by atoms with van der Waals surface area (Å²) in [6.07, 6.45) is 2.01. The van der Waals surface area contributed by atoms with Gasteiger partial charge in [0.05, 0.1) is 11.4 Å². The van der Waals surface area contributed by atoms with Crippen LogP contribution in [0, 0.1) is 6.92 Å². The minimum Gasteiger partial charge on any atom is -0.389 e. The van der Waals surface area contributed by atoms with E-state index in [0.717, 1.165) is 27.7 Å². The highest BCUT2D eigenvalue weighted by Crippen LogP contribution is 2.29. The number of thioether (sulfide) groups is 1. The number of anilines is 2. The van der Waals surface area contributed by atoms with Crippen LogP contribution in [0.5, 0.6) is 0 Å². The number of nitrogens with two attached hydrogens (primary N) is 1. The Kier molecular flexibility index (Phi) is 4.11. The second kappa shape index (κ2) is 5.63. The summed E-state index contributed by atoms with van der Waals surface area (Å²) in [5.74, 6) is 0.910. The van der Waals surface area contributed by atoms with Crippen LogP contribution < -0.4 is 11.1 Å². The van der Waals surface area contributed by atoms with E-state index in [0.29, 0.717) is 4.99 Å². The minimum absolute atomic E-state index is 0.395. The number of benzene rings is 1. The van der Waals surface area contributed by atoms with Crippen molar-refractivity contribution in [3.05, 3.63) is 35.5 Å². The van der Waals surface area contributed by atoms with Gasteiger partial charge in [0, 0.05) is 23.6 Å². The summed E-state index contributed by atoms with van der Waals surface area (Å²) in [7, 11) is 1.90. The van der Waals surface area contributed by atoms with E-state index in [1.807, 2.05) is 44.5 Å². The topological polar surface area (TPSA) is 55.9 Å². The van der Waals surface area contributed by atoms with Crippen LogP contribution in [0.4, 0.5) is 11.5 Å². The Bertz CT molecular complexity index is 619. The second-order valence-corrected chi connectivity index (χ2v) is 5.45. The van der Waals surface area contributed by atoms with Gasteiger partial charge in [-0.3, -0.25) is 4.68 Å². The molecule has 0 amide bonds. The first-order valence-corrected chi connectivity index (χ1v) is 7.40. The Balaban J connectivity index is 2.45. The summed E-state index contributed by atoms with van der Waals surface area (Å²) >= 11 is 6.79. The van der Waals surface area contributed by atoms with Crippen molar-refractivity contribution in [2.24, 2.45) is 12.8 Å². The molecule has 0 radical (unpaired) electrons. The van der Waals surface area contributed by atoms with Gasteiger partial charge in [-0.25, -0.2) is 0 Å². The molecule has 4 nitrogen and oxygen atoms in total. The third-order valence-corrected chi connectivity index (χ3v) is 3.74. The molecule has 0 saturated carbocycles. The SMILES string of the molecule is CSc1cccc(Nc2cc(C)nn2C)c1C(N)=S. The lowest BCUT2D eigenvalue weighted by atomic mass is 10.1. The number of nitrogens with zero attached hydrogens (tertiary/aromatic N) is 2. The van der Waals surface area contributed by atoms with E-state index in [2.05, 4.69) is 10.4 Å². The van der Waals surface area contributed by atoms with E-state index in [-0.39, 0.29) is 0 Å². The molecule has 0 saturated heterocycles. The normalized spacial score (nSPS) is 10.5. The van der Waals surface area contributed by atoms with Gasteiger partial charge in [-0.05, 0) is 25.3 Å². The van der Waals surface area contributed by atoms with Crippen molar-refractivity contribution in [3.63, 3.8) is 0 Å². The standard InChI is InChI=1S/C13H16N4S2/c1-8-7-11(17(2)16-8)15-9-5-4-6-10(19-3)12(9)13(14)18/h4-7,15H,1-3H3,(H2,14,18). The molecule has 19 heavy (non-hydrogen) atoms. The molecule has 100 valence electrons. The fraction of sp³-hybridized carbons (Fsp3) is 0.231. The maximum Gasteiger partial charge on any atom is 0.128 e. The molecule has 6 heteroatoms. The number of hydrogen-bond donors (Lipinski definition) is 2. The summed E-state index contributed by atoms with van der Waals surface area (Å²) in [5.41, 5.74) is 8.59. The summed E-state index contributed by atoms with van der Waals surface area (Å²) in [5, 5.41) is 7.65. The number of aryl methyl sites for hydroxylation is 2. The molecule has 0 atom stereocenters. The molecule has 0 bridgehead atoms. The lowest BCUT2D eigenvalue weighted by Gasteiger charge is -2.14. The van der Waals surface area contributed by atoms with E-state index in [9.17, 15) is 0 Å². The zero-order valence-electron chi connectivity index (χ0n) is 11.1. The van der Waals surface area contributed by atoms with Crippen molar-refractivity contribution in [1.82, 2.24) is 9.78 Å². The zero-order chi connectivity index (χ0) is 14.0. The van der Waals surface area contributed by atoms with Crippen LogP contribution in [-0.4, -0.2) is 21.0 Å². The second-order valence-electron chi connectivity index (χ2n) is 4.17. The van der Waals surface area contributed by atoms with Gasteiger partial charge in [0.15, 0.2) is 0 Å². The number of nitrogens with one attached hydrogen (secondary N) is 1. The van der Waals surface area contributed by atoms with Gasteiger partial charge in [0.1, 0.15) is 10.8 Å². The van der Waals surface area contributed by atoms with Crippen molar-refractivity contribution in [1.29, 1.82) is 0 Å². The van der Waals surface area contributed by atoms with Crippen molar-refractivity contribution < 1.29 is 0 Å². The zero-order valence-corrected chi connectivity index (χ0v) is 12.7. The molecule has 2 rings (SSSR count). The van der Waals surface area contributed by atoms with Crippen LogP contribution in [-0.2, 0) is 7.05 Å². The Hall–Kier alpha value is -1.53. The molecule has 1 heterocycles. The van der Waals surface area contributed by atoms with E-state index >= 15 is 0 Å². The highest BCUT2D eigenvalue weighted by atomic mass is 32.2. The molecule has 2 aromatic rings. The van der Waals surface area contributed by atoms with Gasteiger partial charge in [-0.15, -0.1) is 11.8 Å². The Labute approximate surface area is 122 Å². The van der Waals surface area contributed by atoms with Gasteiger partial charge in [-0.1, -0.05) is 18.3 Å². The molecular formula is C13H16N4S2. The Morgan fingerprint density at radius 1 is 1.47 bits per heavy atom. The van der Waals surface area contributed by atoms with E-state index in [1.54, 1.807) is 16.4 Å². The van der Waals surface area contributed by atoms with Crippen LogP contribution in [0.3, 0.4) is 0 Å². The van der Waals surface area contributed by atoms with Gasteiger partial charge < -0.3 is 11.1 Å². The molecule has 1 aromatic carbocycles. The lowest BCUT2D eigenvalue weighted by Crippen LogP contribution is -2.14. The van der Waals surface area contributed by atoms with Gasteiger partial charge in [-0.2, -0.15) is 5.10 Å². The smallest absolute Gasteiger partial charge is 0.128 e. The molecule has 1 aromatic heterocycles. The first kappa shape index (κ1) is 13.9. The highest BCUT2D eigenvalue weighted by molar-refractivity contribution is 7.98. The third kappa shape index (κ3) is 2.90. The fourth-order valence-electron chi connectivity index (χ4n) is 1.93. The Morgan fingerprint density at radius 2 is 2.21 bits per heavy atom. The quantitative estimate of drug-likeness (QED) is 0.670. The van der Waals surface area contributed by atoms with E-state index < -0.39 is 0 Å². The monoisotopic (exact) mass is 292 g/mol. The van der Waals surface area contributed by atoms with Crippen LogP contribution in [0.15, 0.2) is 29.2 Å². The van der Waals surface area contributed by atoms with Gasteiger partial charge in [0.25, 0.3) is 0 Å². The molecule has 0 aliphatic heterocycles. The van der Waals surface area contributed by atoms with Crippen molar-refractivity contribution in [3.8, 4) is 0 Å². The number of thiocarbonyl (C=S) groups is 1. The lowest BCUT2D eigenvalue weighted by molar-refractivity contribution is 0.765. The van der Waals surface area contributed by atoms with Gasteiger partial charge in [0.2, 0.25) is 0 Å². The average Bonchev–Trinajstić information content (AvgIpc) is 2.67. The van der Waals surface area contributed by atoms with Crippen LogP contribution in [0.2, 0.25) is 0 Å². The number of aromatic nitrogens is 2. The predicted octanol–water partition coefficient (Wildman–Crippen LogP) is 2.83. The third-order valence-electron chi connectivity index (χ3n) is 2.76. The molecule has 3 N–H and O–H groups in total.